The van der Waals surface area contributed by atoms with Gasteiger partial charge in [-0.25, -0.2) is 4.79 Å². The van der Waals surface area contributed by atoms with E-state index in [4.69, 9.17) is 4.74 Å². The maximum atomic E-state index is 11.9. The third-order valence-electron chi connectivity index (χ3n) is 3.10. The molecule has 20 heavy (non-hydrogen) atoms. The summed E-state index contributed by atoms with van der Waals surface area (Å²) in [7, 11) is 1.78. The maximum Gasteiger partial charge on any atom is 0.355 e. The smallest absolute Gasteiger partial charge is 0.355 e. The highest BCUT2D eigenvalue weighted by molar-refractivity contribution is 5.90. The second-order valence-electron chi connectivity index (χ2n) is 4.86. The van der Waals surface area contributed by atoms with E-state index in [9.17, 15) is 9.59 Å². The van der Waals surface area contributed by atoms with E-state index < -0.39 is 5.97 Å². The standard InChI is InChI=1S/C15H22N2O3/c1-6-17(9-11(2)3)14(18)10-20-15(19)13-8-7-12(4)16(13)5/h7-8H,2,6,9-10H2,1,3-5H3. The molecule has 0 radical (unpaired) electrons. The van der Waals surface area contributed by atoms with E-state index in [0.29, 0.717) is 18.8 Å². The topological polar surface area (TPSA) is 51.5 Å². The molecule has 0 saturated carbocycles. The van der Waals surface area contributed by atoms with Gasteiger partial charge in [0.05, 0.1) is 0 Å². The monoisotopic (exact) mass is 278 g/mol. The van der Waals surface area contributed by atoms with Crippen molar-refractivity contribution >= 4 is 11.9 Å². The molecule has 0 bridgehead atoms. The van der Waals surface area contributed by atoms with Crippen LogP contribution in [0.1, 0.15) is 30.0 Å². The molecule has 1 amide bonds. The molecule has 0 fully saturated rings. The number of esters is 1. The lowest BCUT2D eigenvalue weighted by atomic mass is 10.3. The molecule has 1 aromatic rings. The predicted molar refractivity (Wildman–Crippen MR) is 77.5 cm³/mol. The van der Waals surface area contributed by atoms with Gasteiger partial charge in [0.2, 0.25) is 0 Å². The van der Waals surface area contributed by atoms with E-state index in [2.05, 4.69) is 6.58 Å². The number of likely N-dealkylation sites (N-methyl/N-ethyl adjacent to an activating group) is 1. The molecule has 1 rings (SSSR count). The van der Waals surface area contributed by atoms with Gasteiger partial charge in [-0.15, -0.1) is 0 Å². The number of ether oxygens (including phenoxy) is 1. The Morgan fingerprint density at radius 2 is 2.05 bits per heavy atom. The lowest BCUT2D eigenvalue weighted by Gasteiger charge is -2.20. The van der Waals surface area contributed by atoms with Crippen LogP contribution in [0.3, 0.4) is 0 Å². The molecule has 0 spiro atoms. The lowest BCUT2D eigenvalue weighted by molar-refractivity contribution is -0.133. The first-order chi connectivity index (χ1) is 9.36. The second kappa shape index (κ2) is 6.93. The van der Waals surface area contributed by atoms with Gasteiger partial charge in [0.1, 0.15) is 5.69 Å². The van der Waals surface area contributed by atoms with Crippen LogP contribution in [-0.2, 0) is 16.6 Å². The van der Waals surface area contributed by atoms with Gasteiger partial charge < -0.3 is 14.2 Å². The predicted octanol–water partition coefficient (Wildman–Crippen LogP) is 1.91. The molecule has 0 unspecified atom stereocenters. The van der Waals surface area contributed by atoms with Crippen LogP contribution < -0.4 is 0 Å². The van der Waals surface area contributed by atoms with Gasteiger partial charge in [-0.05, 0) is 32.9 Å². The highest BCUT2D eigenvalue weighted by atomic mass is 16.5. The fourth-order valence-electron chi connectivity index (χ4n) is 1.81. The molecule has 5 nitrogen and oxygen atoms in total. The molecule has 0 N–H and O–H groups in total. The average Bonchev–Trinajstić information content (AvgIpc) is 2.73. The van der Waals surface area contributed by atoms with Gasteiger partial charge in [-0.3, -0.25) is 4.79 Å². The summed E-state index contributed by atoms with van der Waals surface area (Å²) < 4.78 is 6.80. The van der Waals surface area contributed by atoms with Crippen molar-refractivity contribution in [3.63, 3.8) is 0 Å². The summed E-state index contributed by atoms with van der Waals surface area (Å²) in [6.45, 7) is 10.2. The summed E-state index contributed by atoms with van der Waals surface area (Å²) >= 11 is 0. The van der Waals surface area contributed by atoms with Crippen LogP contribution in [0.4, 0.5) is 0 Å². The Bertz CT molecular complexity index is 517. The molecule has 0 aliphatic rings. The SMILES string of the molecule is C=C(C)CN(CC)C(=O)COC(=O)c1ccc(C)n1C. The Labute approximate surface area is 119 Å². The van der Waals surface area contributed by atoms with E-state index in [1.54, 1.807) is 22.6 Å². The van der Waals surface area contributed by atoms with E-state index >= 15 is 0 Å². The maximum absolute atomic E-state index is 11.9. The Morgan fingerprint density at radius 3 is 2.50 bits per heavy atom. The molecule has 110 valence electrons. The van der Waals surface area contributed by atoms with Crippen LogP contribution in [0.5, 0.6) is 0 Å². The number of aryl methyl sites for hydroxylation is 1. The van der Waals surface area contributed by atoms with E-state index in [1.807, 2.05) is 26.8 Å². The number of rotatable bonds is 6. The molecule has 1 heterocycles. The van der Waals surface area contributed by atoms with Crippen LogP contribution in [0.2, 0.25) is 0 Å². The molecule has 0 aromatic carbocycles. The zero-order valence-corrected chi connectivity index (χ0v) is 12.6. The van der Waals surface area contributed by atoms with Crippen molar-refractivity contribution in [2.75, 3.05) is 19.7 Å². The van der Waals surface area contributed by atoms with Crippen LogP contribution in [-0.4, -0.2) is 41.0 Å². The minimum Gasteiger partial charge on any atom is -0.451 e. The summed E-state index contributed by atoms with van der Waals surface area (Å²) in [6.07, 6.45) is 0. The fraction of sp³-hybridized carbons (Fsp3) is 0.467. The van der Waals surface area contributed by atoms with Gasteiger partial charge in [-0.2, -0.15) is 0 Å². The zero-order chi connectivity index (χ0) is 15.3. The van der Waals surface area contributed by atoms with Crippen molar-refractivity contribution in [2.45, 2.75) is 20.8 Å². The van der Waals surface area contributed by atoms with Crippen molar-refractivity contribution in [1.29, 1.82) is 0 Å². The van der Waals surface area contributed by atoms with Gasteiger partial charge in [0, 0.05) is 25.8 Å². The Morgan fingerprint density at radius 1 is 1.40 bits per heavy atom. The molecule has 1 aromatic heterocycles. The zero-order valence-electron chi connectivity index (χ0n) is 12.6. The van der Waals surface area contributed by atoms with Gasteiger partial charge >= 0.3 is 5.97 Å². The van der Waals surface area contributed by atoms with Crippen molar-refractivity contribution in [3.8, 4) is 0 Å². The Hall–Kier alpha value is -2.04. The Balaban J connectivity index is 2.58. The van der Waals surface area contributed by atoms with Crippen LogP contribution >= 0.6 is 0 Å². The average molecular weight is 278 g/mol. The molecule has 5 heteroatoms. The number of carbonyl (C=O) groups is 2. The molecule has 0 aliphatic carbocycles. The van der Waals surface area contributed by atoms with Crippen LogP contribution in [0.15, 0.2) is 24.3 Å². The minimum atomic E-state index is -0.486. The summed E-state index contributed by atoms with van der Waals surface area (Å²) in [6, 6.07) is 3.52. The van der Waals surface area contributed by atoms with Gasteiger partial charge in [0.25, 0.3) is 5.91 Å². The largest absolute Gasteiger partial charge is 0.451 e. The Kier molecular flexibility index (Phi) is 5.55. The summed E-state index contributed by atoms with van der Waals surface area (Å²) in [5.41, 5.74) is 2.29. The highest BCUT2D eigenvalue weighted by Gasteiger charge is 2.17. The van der Waals surface area contributed by atoms with E-state index in [1.165, 1.54) is 0 Å². The fourth-order valence-corrected chi connectivity index (χ4v) is 1.81. The first-order valence-electron chi connectivity index (χ1n) is 6.58. The third kappa shape index (κ3) is 3.98. The lowest BCUT2D eigenvalue weighted by Crippen LogP contribution is -2.35. The molecule has 0 aliphatic heterocycles. The summed E-state index contributed by atoms with van der Waals surface area (Å²) in [5.74, 6) is -0.699. The molecule has 0 atom stereocenters. The van der Waals surface area contributed by atoms with Gasteiger partial charge in [-0.1, -0.05) is 12.2 Å². The number of carbonyl (C=O) groups excluding carboxylic acids is 2. The third-order valence-corrected chi connectivity index (χ3v) is 3.10. The van der Waals surface area contributed by atoms with Gasteiger partial charge in [0.15, 0.2) is 6.61 Å². The van der Waals surface area contributed by atoms with Crippen molar-refractivity contribution in [1.82, 2.24) is 9.47 Å². The van der Waals surface area contributed by atoms with Crippen molar-refractivity contribution < 1.29 is 14.3 Å². The van der Waals surface area contributed by atoms with Crippen molar-refractivity contribution in [2.24, 2.45) is 7.05 Å². The quantitative estimate of drug-likeness (QED) is 0.590. The molecular weight excluding hydrogens is 256 g/mol. The molecule has 0 saturated heterocycles. The van der Waals surface area contributed by atoms with Crippen LogP contribution in [0, 0.1) is 6.92 Å². The summed E-state index contributed by atoms with van der Waals surface area (Å²) in [4.78, 5) is 25.4. The van der Waals surface area contributed by atoms with Crippen molar-refractivity contribution in [3.05, 3.63) is 35.7 Å². The number of nitrogens with zero attached hydrogens (tertiary/aromatic N) is 2. The highest BCUT2D eigenvalue weighted by Crippen LogP contribution is 2.07. The first-order valence-corrected chi connectivity index (χ1v) is 6.58. The summed E-state index contributed by atoms with van der Waals surface area (Å²) in [5, 5.41) is 0. The number of hydrogen-bond donors (Lipinski definition) is 0. The number of aromatic nitrogens is 1. The minimum absolute atomic E-state index is 0.213. The second-order valence-corrected chi connectivity index (χ2v) is 4.86. The first kappa shape index (κ1) is 16.0. The number of hydrogen-bond acceptors (Lipinski definition) is 3. The van der Waals surface area contributed by atoms with E-state index in [-0.39, 0.29) is 12.5 Å². The van der Waals surface area contributed by atoms with E-state index in [0.717, 1.165) is 11.3 Å². The molecular formula is C15H22N2O3. The van der Waals surface area contributed by atoms with Crippen LogP contribution in [0.25, 0.3) is 0 Å². The number of amides is 1. The normalized spacial score (nSPS) is 10.2.